The van der Waals surface area contributed by atoms with E-state index in [2.05, 4.69) is 0 Å². The van der Waals surface area contributed by atoms with Crippen LogP contribution in [0.5, 0.6) is 0 Å². The Balaban J connectivity index is 1.71. The van der Waals surface area contributed by atoms with Crippen LogP contribution in [0.2, 0.25) is 0 Å². The van der Waals surface area contributed by atoms with Crippen molar-refractivity contribution in [3.63, 3.8) is 0 Å². The van der Waals surface area contributed by atoms with Gasteiger partial charge in [0.15, 0.2) is 12.6 Å². The van der Waals surface area contributed by atoms with Crippen molar-refractivity contribution < 1.29 is 34.3 Å². The van der Waals surface area contributed by atoms with Crippen LogP contribution >= 0.6 is 0 Å². The first-order valence-electron chi connectivity index (χ1n) is 11.8. The molecule has 2 saturated heterocycles. The van der Waals surface area contributed by atoms with Crippen molar-refractivity contribution in [1.29, 1.82) is 0 Å². The summed E-state index contributed by atoms with van der Waals surface area (Å²) in [5.74, 6) is 0. The number of nitrogens with zero attached hydrogens (tertiary/aromatic N) is 1. The molecule has 1 saturated carbocycles. The van der Waals surface area contributed by atoms with E-state index in [1.165, 1.54) is 0 Å². The van der Waals surface area contributed by atoms with Crippen LogP contribution in [0.25, 0.3) is 0 Å². The molecule has 2 heterocycles. The van der Waals surface area contributed by atoms with E-state index in [9.17, 15) is 15.3 Å². The Morgan fingerprint density at radius 1 is 1.00 bits per heavy atom. The summed E-state index contributed by atoms with van der Waals surface area (Å²) in [6, 6.07) is -2.19. The fourth-order valence-corrected chi connectivity index (χ4v) is 5.13. The quantitative estimate of drug-likeness (QED) is 0.193. The highest BCUT2D eigenvalue weighted by atomic mass is 16.7. The monoisotopic (exact) mass is 477 g/mol. The summed E-state index contributed by atoms with van der Waals surface area (Å²) in [6.07, 6.45) is -4.45. The molecule has 0 bridgehead atoms. The molecule has 2 aliphatic heterocycles. The molecule has 12 atom stereocenters. The maximum Gasteiger partial charge on any atom is 0.185 e. The van der Waals surface area contributed by atoms with E-state index in [-0.39, 0.29) is 18.8 Å². The zero-order valence-corrected chi connectivity index (χ0v) is 19.8. The second kappa shape index (κ2) is 11.1. The summed E-state index contributed by atoms with van der Waals surface area (Å²) in [7, 11) is 1.80. The number of hydrogen-bond acceptors (Lipinski definition) is 12. The van der Waals surface area contributed by atoms with Gasteiger partial charge >= 0.3 is 0 Å². The minimum absolute atomic E-state index is 0.0491. The molecule has 3 rings (SSSR count). The van der Waals surface area contributed by atoms with Gasteiger partial charge in [0.2, 0.25) is 0 Å². The lowest BCUT2D eigenvalue weighted by atomic mass is 9.84. The highest BCUT2D eigenvalue weighted by Crippen LogP contribution is 2.32. The molecule has 0 radical (unpaired) electrons. The number of aliphatic hydroxyl groups excluding tert-OH is 2. The Morgan fingerprint density at radius 3 is 2.18 bits per heavy atom. The minimum atomic E-state index is -1.28. The van der Waals surface area contributed by atoms with Gasteiger partial charge in [-0.05, 0) is 39.8 Å². The van der Waals surface area contributed by atoms with E-state index < -0.39 is 60.7 Å². The van der Waals surface area contributed by atoms with Crippen LogP contribution in [-0.4, -0.2) is 120 Å². The van der Waals surface area contributed by atoms with Gasteiger partial charge in [-0.15, -0.1) is 0 Å². The Bertz CT molecular complexity index is 632. The SMILES string of the molecule is CCN(C)[C@@H]1[C@@H](O)[C@@H](O[C@@H]2[C@@H](O)[C@H](O[C@H]3O[C@H](CN)CC[C@H]3N)[C@@H](N)C[C@H]2N)OC[C@]1(C)O. The number of rotatable bonds is 7. The van der Waals surface area contributed by atoms with Gasteiger partial charge in [-0.25, -0.2) is 0 Å². The first-order valence-corrected chi connectivity index (χ1v) is 11.8. The van der Waals surface area contributed by atoms with Gasteiger partial charge in [-0.1, -0.05) is 6.92 Å². The van der Waals surface area contributed by atoms with Crippen molar-refractivity contribution in [2.75, 3.05) is 26.7 Å². The van der Waals surface area contributed by atoms with Crippen molar-refractivity contribution in [1.82, 2.24) is 4.90 Å². The van der Waals surface area contributed by atoms with Gasteiger partial charge in [0.05, 0.1) is 24.8 Å². The van der Waals surface area contributed by atoms with Crippen molar-refractivity contribution >= 4 is 0 Å². The summed E-state index contributed by atoms with van der Waals surface area (Å²) < 4.78 is 23.5. The van der Waals surface area contributed by atoms with Crippen molar-refractivity contribution in [2.45, 2.75) is 106 Å². The number of nitrogens with two attached hydrogens (primary N) is 4. The van der Waals surface area contributed by atoms with Gasteiger partial charge < -0.3 is 57.2 Å². The van der Waals surface area contributed by atoms with Crippen LogP contribution < -0.4 is 22.9 Å². The predicted molar refractivity (Wildman–Crippen MR) is 120 cm³/mol. The summed E-state index contributed by atoms with van der Waals surface area (Å²) >= 11 is 0. The Hall–Kier alpha value is -0.480. The van der Waals surface area contributed by atoms with Crippen LogP contribution in [-0.2, 0) is 18.9 Å². The highest BCUT2D eigenvalue weighted by molar-refractivity contribution is 5.02. The number of aliphatic hydroxyl groups is 3. The second-order valence-corrected chi connectivity index (χ2v) is 9.90. The van der Waals surface area contributed by atoms with Gasteiger partial charge in [-0.2, -0.15) is 0 Å². The van der Waals surface area contributed by atoms with E-state index in [4.69, 9.17) is 41.9 Å². The van der Waals surface area contributed by atoms with Crippen LogP contribution in [0.15, 0.2) is 0 Å². The third-order valence-electron chi connectivity index (χ3n) is 7.16. The van der Waals surface area contributed by atoms with Crippen LogP contribution in [0.4, 0.5) is 0 Å². The molecule has 12 heteroatoms. The average molecular weight is 478 g/mol. The lowest BCUT2D eigenvalue weighted by molar-refractivity contribution is -0.314. The summed E-state index contributed by atoms with van der Waals surface area (Å²) in [5, 5.41) is 32.8. The Labute approximate surface area is 195 Å². The molecule has 33 heavy (non-hydrogen) atoms. The lowest BCUT2D eigenvalue weighted by Gasteiger charge is -2.50. The number of likely N-dealkylation sites (N-methyl/N-ethyl adjacent to an activating group) is 1. The fraction of sp³-hybridized carbons (Fsp3) is 1.00. The Kier molecular flexibility index (Phi) is 9.09. The Morgan fingerprint density at radius 2 is 1.61 bits per heavy atom. The van der Waals surface area contributed by atoms with Crippen LogP contribution in [0, 0.1) is 0 Å². The molecular weight excluding hydrogens is 434 g/mol. The first-order chi connectivity index (χ1) is 15.5. The van der Waals surface area contributed by atoms with Gasteiger partial charge in [0, 0.05) is 18.6 Å². The predicted octanol–water partition coefficient (Wildman–Crippen LogP) is -3.24. The van der Waals surface area contributed by atoms with Gasteiger partial charge in [-0.3, -0.25) is 4.90 Å². The molecular formula is C21H43N5O7. The molecule has 0 aromatic heterocycles. The zero-order valence-electron chi connectivity index (χ0n) is 19.8. The van der Waals surface area contributed by atoms with E-state index in [1.807, 2.05) is 11.8 Å². The van der Waals surface area contributed by atoms with Crippen molar-refractivity contribution in [2.24, 2.45) is 22.9 Å². The normalized spacial score (nSPS) is 49.4. The summed E-state index contributed by atoms with van der Waals surface area (Å²) in [5.41, 5.74) is 23.2. The molecule has 0 unspecified atom stereocenters. The van der Waals surface area contributed by atoms with Crippen molar-refractivity contribution in [3.05, 3.63) is 0 Å². The van der Waals surface area contributed by atoms with Gasteiger partial charge in [0.1, 0.15) is 30.0 Å². The maximum absolute atomic E-state index is 11.1. The molecule has 0 aromatic rings. The molecule has 0 spiro atoms. The zero-order chi connectivity index (χ0) is 24.5. The lowest BCUT2D eigenvalue weighted by Crippen LogP contribution is -2.69. The molecule has 12 nitrogen and oxygen atoms in total. The summed E-state index contributed by atoms with van der Waals surface area (Å²) in [4.78, 5) is 1.83. The third-order valence-corrected chi connectivity index (χ3v) is 7.16. The molecule has 3 fully saturated rings. The highest BCUT2D eigenvalue weighted by Gasteiger charge is 2.52. The third kappa shape index (κ3) is 5.85. The van der Waals surface area contributed by atoms with Crippen molar-refractivity contribution in [3.8, 4) is 0 Å². The van der Waals surface area contributed by atoms with Crippen LogP contribution in [0.1, 0.15) is 33.1 Å². The topological polar surface area (TPSA) is 205 Å². The number of hydrogen-bond donors (Lipinski definition) is 7. The molecule has 0 amide bonds. The minimum Gasteiger partial charge on any atom is -0.388 e. The van der Waals surface area contributed by atoms with E-state index in [1.54, 1.807) is 14.0 Å². The van der Waals surface area contributed by atoms with E-state index in [0.29, 0.717) is 25.9 Å². The standard InChI is InChI=1S/C21H43N5O7/c1-4-26(3)18-15(28)20(30-9-21(18,2)29)33-17-13(25)7-12(24)16(14(17)27)32-19-11(23)6-5-10(8-22)31-19/h10-20,27-29H,4-9,22-25H2,1-3H3/t10-,11+,12-,13+,14-,15+,16+,17-,18+,19+,20+,21-/m0/s1. The fourth-order valence-electron chi connectivity index (χ4n) is 5.13. The maximum atomic E-state index is 11.1. The number of ether oxygens (including phenoxy) is 4. The molecule has 0 aromatic carbocycles. The summed E-state index contributed by atoms with van der Waals surface area (Å²) in [6.45, 7) is 4.43. The van der Waals surface area contributed by atoms with Crippen LogP contribution in [0.3, 0.4) is 0 Å². The van der Waals surface area contributed by atoms with Gasteiger partial charge in [0.25, 0.3) is 0 Å². The second-order valence-electron chi connectivity index (χ2n) is 9.90. The average Bonchev–Trinajstić information content (AvgIpc) is 2.76. The van der Waals surface area contributed by atoms with E-state index >= 15 is 0 Å². The molecule has 3 aliphatic rings. The first kappa shape index (κ1) is 27.1. The largest absolute Gasteiger partial charge is 0.388 e. The molecule has 11 N–H and O–H groups in total. The molecule has 194 valence electrons. The smallest absolute Gasteiger partial charge is 0.185 e. The molecule has 1 aliphatic carbocycles. The van der Waals surface area contributed by atoms with E-state index in [0.717, 1.165) is 6.42 Å².